The first-order valence-electron chi connectivity index (χ1n) is 6.61. The first-order valence-corrected chi connectivity index (χ1v) is 6.98. The summed E-state index contributed by atoms with van der Waals surface area (Å²) in [5.74, 6) is -0.191. The zero-order valence-electron chi connectivity index (χ0n) is 11.3. The molecule has 6 heteroatoms. The van der Waals surface area contributed by atoms with Crippen LogP contribution >= 0.6 is 11.6 Å². The van der Waals surface area contributed by atoms with Gasteiger partial charge in [-0.3, -0.25) is 9.59 Å². The van der Waals surface area contributed by atoms with Crippen LogP contribution in [0.4, 0.5) is 5.69 Å². The molecule has 1 aliphatic rings. The van der Waals surface area contributed by atoms with Gasteiger partial charge >= 0.3 is 0 Å². The Morgan fingerprint density at radius 2 is 2.20 bits per heavy atom. The predicted molar refractivity (Wildman–Crippen MR) is 78.8 cm³/mol. The van der Waals surface area contributed by atoms with Gasteiger partial charge in [0.15, 0.2) is 0 Å². The molecule has 20 heavy (non-hydrogen) atoms. The number of primary amides is 1. The molecule has 2 amide bonds. The van der Waals surface area contributed by atoms with Crippen molar-refractivity contribution in [3.05, 3.63) is 28.8 Å². The average molecular weight is 296 g/mol. The maximum Gasteiger partial charge on any atom is 0.250 e. The summed E-state index contributed by atoms with van der Waals surface area (Å²) in [5, 5.41) is 6.25. The molecule has 1 aromatic rings. The lowest BCUT2D eigenvalue weighted by Gasteiger charge is -2.27. The van der Waals surface area contributed by atoms with E-state index in [1.165, 1.54) is 6.07 Å². The van der Waals surface area contributed by atoms with Crippen LogP contribution < -0.4 is 16.4 Å². The largest absolute Gasteiger partial charge is 0.366 e. The van der Waals surface area contributed by atoms with Crippen LogP contribution in [0.25, 0.3) is 0 Å². The third-order valence-corrected chi connectivity index (χ3v) is 3.81. The Bertz CT molecular complexity index is 533. The number of benzene rings is 1. The molecule has 4 N–H and O–H groups in total. The fourth-order valence-corrected chi connectivity index (χ4v) is 2.54. The highest BCUT2D eigenvalue weighted by Crippen LogP contribution is 2.21. The van der Waals surface area contributed by atoms with Crippen molar-refractivity contribution in [3.63, 3.8) is 0 Å². The second-order valence-electron chi connectivity index (χ2n) is 5.18. The van der Waals surface area contributed by atoms with Crippen molar-refractivity contribution in [2.24, 2.45) is 11.7 Å². The molecule has 108 valence electrons. The van der Waals surface area contributed by atoms with Crippen LogP contribution in [0.1, 0.15) is 30.1 Å². The van der Waals surface area contributed by atoms with Crippen LogP contribution in [0.15, 0.2) is 18.2 Å². The molecule has 1 heterocycles. The lowest BCUT2D eigenvalue weighted by molar-refractivity contribution is -0.119. The predicted octanol–water partition coefficient (Wildman–Crippen LogP) is 1.77. The summed E-state index contributed by atoms with van der Waals surface area (Å²) in [4.78, 5) is 23.4. The van der Waals surface area contributed by atoms with Gasteiger partial charge in [-0.05, 0) is 43.5 Å². The van der Waals surface area contributed by atoms with E-state index in [2.05, 4.69) is 17.6 Å². The quantitative estimate of drug-likeness (QED) is 0.794. The van der Waals surface area contributed by atoms with Crippen LogP contribution in [-0.4, -0.2) is 24.4 Å². The summed E-state index contributed by atoms with van der Waals surface area (Å²) in [7, 11) is 0. The lowest BCUT2D eigenvalue weighted by atomic mass is 9.94. The van der Waals surface area contributed by atoms with E-state index in [4.69, 9.17) is 17.3 Å². The number of amides is 2. The summed E-state index contributed by atoms with van der Waals surface area (Å²) >= 11 is 5.87. The molecule has 0 bridgehead atoms. The zero-order chi connectivity index (χ0) is 14.7. The van der Waals surface area contributed by atoms with Gasteiger partial charge in [0.05, 0.1) is 16.6 Å². The molecule has 1 aromatic carbocycles. The van der Waals surface area contributed by atoms with Crippen molar-refractivity contribution < 1.29 is 9.59 Å². The number of carbonyl (C=O) groups is 2. The van der Waals surface area contributed by atoms with E-state index in [1.54, 1.807) is 12.1 Å². The molecule has 2 rings (SSSR count). The van der Waals surface area contributed by atoms with Crippen LogP contribution in [0.5, 0.6) is 0 Å². The summed E-state index contributed by atoms with van der Waals surface area (Å²) < 4.78 is 0. The molecule has 0 saturated carbocycles. The first-order chi connectivity index (χ1) is 9.47. The van der Waals surface area contributed by atoms with E-state index >= 15 is 0 Å². The van der Waals surface area contributed by atoms with Gasteiger partial charge in [-0.1, -0.05) is 18.5 Å². The highest BCUT2D eigenvalue weighted by atomic mass is 35.5. The maximum atomic E-state index is 12.2. The number of halogens is 1. The molecule has 1 fully saturated rings. The van der Waals surface area contributed by atoms with Gasteiger partial charge in [-0.25, -0.2) is 0 Å². The highest BCUT2D eigenvalue weighted by Gasteiger charge is 2.24. The highest BCUT2D eigenvalue weighted by molar-refractivity contribution is 6.34. The summed E-state index contributed by atoms with van der Waals surface area (Å²) in [6.07, 6.45) is 1.89. The van der Waals surface area contributed by atoms with Crippen LogP contribution in [0.3, 0.4) is 0 Å². The molecular weight excluding hydrogens is 278 g/mol. The second kappa shape index (κ2) is 6.24. The van der Waals surface area contributed by atoms with E-state index in [0.717, 1.165) is 19.4 Å². The zero-order valence-corrected chi connectivity index (χ0v) is 12.0. The van der Waals surface area contributed by atoms with Crippen LogP contribution in [0, 0.1) is 5.92 Å². The Hall–Kier alpha value is -1.59. The Balaban J connectivity index is 2.07. The first kappa shape index (κ1) is 14.8. The van der Waals surface area contributed by atoms with Crippen molar-refractivity contribution in [2.75, 3.05) is 11.9 Å². The number of carbonyl (C=O) groups excluding carboxylic acids is 2. The van der Waals surface area contributed by atoms with Gasteiger partial charge < -0.3 is 16.4 Å². The number of anilines is 1. The Labute approximate surface area is 122 Å². The molecule has 2 unspecified atom stereocenters. The van der Waals surface area contributed by atoms with Crippen LogP contribution in [-0.2, 0) is 4.79 Å². The van der Waals surface area contributed by atoms with Crippen LogP contribution in [0.2, 0.25) is 5.02 Å². The molecule has 5 nitrogen and oxygen atoms in total. The third-order valence-electron chi connectivity index (χ3n) is 3.48. The fraction of sp³-hybridized carbons (Fsp3) is 0.429. The van der Waals surface area contributed by atoms with E-state index in [9.17, 15) is 9.59 Å². The SMILES string of the molecule is CC1CCNC(C(=O)Nc2ccc(Cl)c(C(N)=O)c2)C1. The smallest absolute Gasteiger partial charge is 0.250 e. The number of nitrogens with one attached hydrogen (secondary N) is 2. The van der Waals surface area contributed by atoms with E-state index in [-0.39, 0.29) is 22.5 Å². The maximum absolute atomic E-state index is 12.2. The molecule has 0 radical (unpaired) electrons. The molecule has 2 atom stereocenters. The number of hydrogen-bond donors (Lipinski definition) is 3. The van der Waals surface area contributed by atoms with Gasteiger partial charge in [-0.2, -0.15) is 0 Å². The normalized spacial score (nSPS) is 22.3. The summed E-state index contributed by atoms with van der Waals surface area (Å²) in [6.45, 7) is 2.97. The van der Waals surface area contributed by atoms with Gasteiger partial charge in [0.25, 0.3) is 0 Å². The minimum Gasteiger partial charge on any atom is -0.366 e. The average Bonchev–Trinajstić information content (AvgIpc) is 2.40. The summed E-state index contributed by atoms with van der Waals surface area (Å²) in [5.41, 5.74) is 5.95. The van der Waals surface area contributed by atoms with Gasteiger partial charge in [0.1, 0.15) is 0 Å². The van der Waals surface area contributed by atoms with Crippen molar-refractivity contribution in [1.82, 2.24) is 5.32 Å². The minimum absolute atomic E-state index is 0.103. The number of nitrogens with two attached hydrogens (primary N) is 1. The second-order valence-corrected chi connectivity index (χ2v) is 5.59. The molecular formula is C14H18ClN3O2. The fourth-order valence-electron chi connectivity index (χ4n) is 2.33. The van der Waals surface area contributed by atoms with E-state index in [1.807, 2.05) is 0 Å². The Kier molecular flexibility index (Phi) is 4.62. The van der Waals surface area contributed by atoms with Crippen molar-refractivity contribution >= 4 is 29.1 Å². The lowest BCUT2D eigenvalue weighted by Crippen LogP contribution is -2.45. The van der Waals surface area contributed by atoms with Gasteiger partial charge in [-0.15, -0.1) is 0 Å². The van der Waals surface area contributed by atoms with E-state index < -0.39 is 5.91 Å². The number of piperidine rings is 1. The minimum atomic E-state index is -0.615. The van der Waals surface area contributed by atoms with E-state index in [0.29, 0.717) is 11.6 Å². The molecule has 0 aromatic heterocycles. The topological polar surface area (TPSA) is 84.2 Å². The molecule has 1 aliphatic heterocycles. The van der Waals surface area contributed by atoms with Gasteiger partial charge in [0, 0.05) is 5.69 Å². The van der Waals surface area contributed by atoms with Crippen molar-refractivity contribution in [3.8, 4) is 0 Å². The summed E-state index contributed by atoms with van der Waals surface area (Å²) in [6, 6.07) is 4.49. The molecule has 1 saturated heterocycles. The van der Waals surface area contributed by atoms with Gasteiger partial charge in [0.2, 0.25) is 11.8 Å². The Morgan fingerprint density at radius 3 is 2.85 bits per heavy atom. The third kappa shape index (κ3) is 3.49. The number of hydrogen-bond acceptors (Lipinski definition) is 3. The number of rotatable bonds is 3. The molecule has 0 aliphatic carbocycles. The van der Waals surface area contributed by atoms with Crippen molar-refractivity contribution in [2.45, 2.75) is 25.8 Å². The Morgan fingerprint density at radius 1 is 1.45 bits per heavy atom. The van der Waals surface area contributed by atoms with Crippen molar-refractivity contribution in [1.29, 1.82) is 0 Å². The standard InChI is InChI=1S/C14H18ClN3O2/c1-8-4-5-17-12(6-8)14(20)18-9-2-3-11(15)10(7-9)13(16)19/h2-3,7-8,12,17H,4-6H2,1H3,(H2,16,19)(H,18,20). The monoisotopic (exact) mass is 295 g/mol. The molecule has 0 spiro atoms.